The second kappa shape index (κ2) is 4.84. The minimum atomic E-state index is -4.68. The molecule has 1 saturated heterocycles. The Morgan fingerprint density at radius 3 is 2.00 bits per heavy atom. The molecule has 0 amide bonds. The fraction of sp³-hybridized carbons (Fsp3) is 0.571. The summed E-state index contributed by atoms with van der Waals surface area (Å²) in [5.74, 6) is 0.219. The normalized spacial score (nSPS) is 22.5. The Balaban J connectivity index is 1.92. The first-order chi connectivity index (χ1) is 9.11. The molecule has 0 saturated carbocycles. The third-order valence-corrected chi connectivity index (χ3v) is 3.39. The van der Waals surface area contributed by atoms with E-state index in [-0.39, 0.29) is 16.8 Å². The molecule has 3 nitrogen and oxygen atoms in total. The molecule has 20 heavy (non-hydrogen) atoms. The van der Waals surface area contributed by atoms with Crippen LogP contribution in [-0.4, -0.2) is 25.2 Å². The number of rotatable bonds is 4. The first-order valence-corrected chi connectivity index (χ1v) is 6.24. The average molecular weight is 290 g/mol. The molecule has 2 rings (SSSR count). The number of hydrogen-bond donors (Lipinski definition) is 0. The third kappa shape index (κ3) is 3.56. The van der Waals surface area contributed by atoms with E-state index >= 15 is 0 Å². The Kier molecular flexibility index (Phi) is 3.62. The number of benzene rings is 1. The van der Waals surface area contributed by atoms with Crippen molar-refractivity contribution >= 4 is 0 Å². The molecule has 112 valence electrons. The average Bonchev–Trinajstić information content (AvgIpc) is 3.06. The van der Waals surface area contributed by atoms with E-state index in [0.717, 1.165) is 0 Å². The SMILES string of the molecule is CC(C)(C)C1(COc2ccc(OC(F)(F)F)cc2)CO1. The van der Waals surface area contributed by atoms with E-state index in [2.05, 4.69) is 25.5 Å². The van der Waals surface area contributed by atoms with Gasteiger partial charge in [-0.1, -0.05) is 20.8 Å². The Labute approximate surface area is 115 Å². The molecule has 1 aromatic carbocycles. The summed E-state index contributed by atoms with van der Waals surface area (Å²) in [6.07, 6.45) is -4.68. The second-order valence-electron chi connectivity index (χ2n) is 5.84. The molecule has 1 unspecified atom stereocenters. The van der Waals surface area contributed by atoms with E-state index in [1.165, 1.54) is 24.3 Å². The van der Waals surface area contributed by atoms with Crippen LogP contribution in [0.15, 0.2) is 24.3 Å². The molecule has 0 bridgehead atoms. The Morgan fingerprint density at radius 2 is 1.60 bits per heavy atom. The summed E-state index contributed by atoms with van der Waals surface area (Å²) in [6.45, 7) is 7.18. The van der Waals surface area contributed by atoms with Crippen molar-refractivity contribution in [2.24, 2.45) is 5.41 Å². The molecular weight excluding hydrogens is 273 g/mol. The van der Waals surface area contributed by atoms with E-state index in [9.17, 15) is 13.2 Å². The summed E-state index contributed by atoms with van der Waals surface area (Å²) in [4.78, 5) is 0. The number of ether oxygens (including phenoxy) is 3. The van der Waals surface area contributed by atoms with E-state index in [0.29, 0.717) is 19.0 Å². The van der Waals surface area contributed by atoms with Crippen molar-refractivity contribution in [2.75, 3.05) is 13.2 Å². The standard InChI is InChI=1S/C14H17F3O3/c1-12(2,3)13(9-19-13)8-18-10-4-6-11(7-5-10)20-14(15,16)17/h4-7H,8-9H2,1-3H3. The molecule has 0 N–H and O–H groups in total. The number of halogens is 3. The van der Waals surface area contributed by atoms with Gasteiger partial charge in [-0.05, 0) is 29.7 Å². The summed E-state index contributed by atoms with van der Waals surface area (Å²) >= 11 is 0. The van der Waals surface area contributed by atoms with Crippen molar-refractivity contribution in [2.45, 2.75) is 32.7 Å². The van der Waals surface area contributed by atoms with Crippen LogP contribution in [0.25, 0.3) is 0 Å². The monoisotopic (exact) mass is 290 g/mol. The van der Waals surface area contributed by atoms with Crippen molar-refractivity contribution in [1.29, 1.82) is 0 Å². The Hall–Kier alpha value is -1.43. The highest BCUT2D eigenvalue weighted by Crippen LogP contribution is 2.44. The van der Waals surface area contributed by atoms with Gasteiger partial charge in [0.05, 0.1) is 6.61 Å². The van der Waals surface area contributed by atoms with Gasteiger partial charge in [0.25, 0.3) is 0 Å². The maximum absolute atomic E-state index is 12.0. The van der Waals surface area contributed by atoms with Crippen LogP contribution < -0.4 is 9.47 Å². The van der Waals surface area contributed by atoms with Crippen molar-refractivity contribution in [3.63, 3.8) is 0 Å². The van der Waals surface area contributed by atoms with E-state index < -0.39 is 6.36 Å². The van der Waals surface area contributed by atoms with Crippen LogP contribution in [0.3, 0.4) is 0 Å². The van der Waals surface area contributed by atoms with Gasteiger partial charge >= 0.3 is 6.36 Å². The zero-order valence-corrected chi connectivity index (χ0v) is 11.6. The van der Waals surface area contributed by atoms with E-state index in [1.54, 1.807) is 0 Å². The molecule has 6 heteroatoms. The molecular formula is C14H17F3O3. The molecule has 0 aromatic heterocycles. The van der Waals surface area contributed by atoms with Gasteiger partial charge in [0.2, 0.25) is 0 Å². The highest BCUT2D eigenvalue weighted by molar-refractivity contribution is 5.31. The summed E-state index contributed by atoms with van der Waals surface area (Å²) in [6, 6.07) is 5.33. The van der Waals surface area contributed by atoms with Crippen molar-refractivity contribution in [3.05, 3.63) is 24.3 Å². The van der Waals surface area contributed by atoms with Crippen LogP contribution >= 0.6 is 0 Å². The molecule has 1 atom stereocenters. The van der Waals surface area contributed by atoms with Gasteiger partial charge in [-0.3, -0.25) is 0 Å². The third-order valence-electron chi connectivity index (χ3n) is 3.39. The lowest BCUT2D eigenvalue weighted by molar-refractivity contribution is -0.274. The number of epoxide rings is 1. The molecule has 1 fully saturated rings. The van der Waals surface area contributed by atoms with Gasteiger partial charge < -0.3 is 14.2 Å². The summed E-state index contributed by atoms with van der Waals surface area (Å²) in [5.41, 5.74) is -0.361. The van der Waals surface area contributed by atoms with E-state index in [1.807, 2.05) is 0 Å². The summed E-state index contributed by atoms with van der Waals surface area (Å²) in [7, 11) is 0. The first kappa shape index (κ1) is 15.0. The van der Waals surface area contributed by atoms with Gasteiger partial charge in [0.1, 0.15) is 23.7 Å². The van der Waals surface area contributed by atoms with Crippen molar-refractivity contribution in [1.82, 2.24) is 0 Å². The predicted octanol–water partition coefficient (Wildman–Crippen LogP) is 3.78. The molecule has 0 radical (unpaired) electrons. The van der Waals surface area contributed by atoms with Gasteiger partial charge in [-0.15, -0.1) is 13.2 Å². The zero-order chi connectivity index (χ0) is 15.0. The first-order valence-electron chi connectivity index (χ1n) is 6.24. The van der Waals surface area contributed by atoms with Gasteiger partial charge in [0, 0.05) is 0 Å². The highest BCUT2D eigenvalue weighted by atomic mass is 19.4. The Bertz CT molecular complexity index is 456. The molecule has 1 aromatic rings. The van der Waals surface area contributed by atoms with Crippen LogP contribution in [0, 0.1) is 5.41 Å². The maximum Gasteiger partial charge on any atom is 0.573 e. The lowest BCUT2D eigenvalue weighted by atomic mass is 9.81. The predicted molar refractivity (Wildman–Crippen MR) is 66.8 cm³/mol. The quantitative estimate of drug-likeness (QED) is 0.791. The summed E-state index contributed by atoms with van der Waals surface area (Å²) in [5, 5.41) is 0. The maximum atomic E-state index is 12.0. The largest absolute Gasteiger partial charge is 0.573 e. The van der Waals surface area contributed by atoms with Crippen LogP contribution in [0.1, 0.15) is 20.8 Å². The molecule has 1 heterocycles. The van der Waals surface area contributed by atoms with Crippen molar-refractivity contribution < 1.29 is 27.4 Å². The van der Waals surface area contributed by atoms with Gasteiger partial charge in [0.15, 0.2) is 0 Å². The molecule has 0 spiro atoms. The van der Waals surface area contributed by atoms with E-state index in [4.69, 9.17) is 9.47 Å². The number of alkyl halides is 3. The fourth-order valence-corrected chi connectivity index (χ4v) is 1.76. The van der Waals surface area contributed by atoms with Crippen LogP contribution in [0.5, 0.6) is 11.5 Å². The van der Waals surface area contributed by atoms with Crippen molar-refractivity contribution in [3.8, 4) is 11.5 Å². The zero-order valence-electron chi connectivity index (χ0n) is 11.6. The lowest BCUT2D eigenvalue weighted by Crippen LogP contribution is -2.36. The topological polar surface area (TPSA) is 31.0 Å². The molecule has 0 aliphatic carbocycles. The van der Waals surface area contributed by atoms with Gasteiger partial charge in [-0.25, -0.2) is 0 Å². The Morgan fingerprint density at radius 1 is 1.10 bits per heavy atom. The minimum Gasteiger partial charge on any atom is -0.490 e. The molecule has 1 aliphatic rings. The highest BCUT2D eigenvalue weighted by Gasteiger charge is 2.55. The molecule has 1 aliphatic heterocycles. The minimum absolute atomic E-state index is 0.0493. The number of hydrogen-bond acceptors (Lipinski definition) is 3. The fourth-order valence-electron chi connectivity index (χ4n) is 1.76. The lowest BCUT2D eigenvalue weighted by Gasteiger charge is -2.27. The van der Waals surface area contributed by atoms with Crippen LogP contribution in [-0.2, 0) is 4.74 Å². The van der Waals surface area contributed by atoms with Crippen LogP contribution in [0.2, 0.25) is 0 Å². The second-order valence-corrected chi connectivity index (χ2v) is 5.84. The van der Waals surface area contributed by atoms with Crippen LogP contribution in [0.4, 0.5) is 13.2 Å². The summed E-state index contributed by atoms with van der Waals surface area (Å²) < 4.78 is 50.9. The van der Waals surface area contributed by atoms with Gasteiger partial charge in [-0.2, -0.15) is 0 Å². The smallest absolute Gasteiger partial charge is 0.490 e.